The summed E-state index contributed by atoms with van der Waals surface area (Å²) in [4.78, 5) is 22.7. The fraction of sp³-hybridized carbons (Fsp3) is 0.692. The van der Waals surface area contributed by atoms with E-state index < -0.39 is 36.9 Å². The highest BCUT2D eigenvalue weighted by Crippen LogP contribution is 2.05. The van der Waals surface area contributed by atoms with E-state index in [0.29, 0.717) is 12.0 Å². The Labute approximate surface area is 128 Å². The highest BCUT2D eigenvalue weighted by molar-refractivity contribution is 5.92. The third-order valence-corrected chi connectivity index (χ3v) is 2.85. The van der Waals surface area contributed by atoms with Crippen molar-refractivity contribution in [3.05, 3.63) is 12.2 Å². The van der Waals surface area contributed by atoms with E-state index in [4.69, 9.17) is 10.2 Å². The first-order chi connectivity index (χ1) is 10.2. The van der Waals surface area contributed by atoms with Crippen LogP contribution in [-0.2, 0) is 9.59 Å². The summed E-state index contributed by atoms with van der Waals surface area (Å²) in [6, 6.07) is 0. The first-order valence-electron chi connectivity index (χ1n) is 6.76. The second-order valence-electron chi connectivity index (χ2n) is 4.86. The van der Waals surface area contributed by atoms with Crippen LogP contribution >= 0.6 is 0 Å². The minimum atomic E-state index is -1.96. The molecule has 0 fully saturated rings. The number of carbonyl (C=O) groups excluding carboxylic acids is 2. The van der Waals surface area contributed by atoms with Gasteiger partial charge in [-0.05, 0) is 13.3 Å². The molecule has 0 aliphatic heterocycles. The summed E-state index contributed by atoms with van der Waals surface area (Å²) < 4.78 is 0. The highest BCUT2D eigenvalue weighted by Gasteiger charge is 2.33. The molecule has 0 aromatic heterocycles. The molecule has 7 N–H and O–H groups in total. The van der Waals surface area contributed by atoms with Crippen LogP contribution in [-0.4, -0.2) is 81.5 Å². The SMILES string of the molecule is C=C(C)C(=O)NCCCNC(=O)C(O)C(O)C(O)C(O)CO. The molecule has 2 amide bonds. The molecule has 0 aromatic rings. The molecular weight excluding hydrogens is 296 g/mol. The van der Waals surface area contributed by atoms with E-state index in [1.165, 1.54) is 0 Å². The molecule has 128 valence electrons. The maximum atomic E-state index is 11.5. The Balaban J connectivity index is 4.06. The standard InChI is InChI=1S/C13H24N2O7/c1-7(2)12(21)14-4-3-5-15-13(22)11(20)10(19)9(18)8(17)6-16/h8-11,16-20H,1,3-6H2,2H3,(H,14,21)(H,15,22). The van der Waals surface area contributed by atoms with Crippen LogP contribution in [0.25, 0.3) is 0 Å². The fourth-order valence-electron chi connectivity index (χ4n) is 1.43. The first-order valence-corrected chi connectivity index (χ1v) is 6.76. The van der Waals surface area contributed by atoms with Crippen molar-refractivity contribution in [2.75, 3.05) is 19.7 Å². The van der Waals surface area contributed by atoms with Gasteiger partial charge < -0.3 is 36.2 Å². The smallest absolute Gasteiger partial charge is 0.251 e. The topological polar surface area (TPSA) is 159 Å². The second-order valence-corrected chi connectivity index (χ2v) is 4.86. The maximum Gasteiger partial charge on any atom is 0.251 e. The van der Waals surface area contributed by atoms with Crippen molar-refractivity contribution >= 4 is 11.8 Å². The van der Waals surface area contributed by atoms with Gasteiger partial charge in [-0.2, -0.15) is 0 Å². The number of nitrogens with one attached hydrogen (secondary N) is 2. The van der Waals surface area contributed by atoms with Gasteiger partial charge in [0.1, 0.15) is 18.3 Å². The van der Waals surface area contributed by atoms with Crippen LogP contribution in [0.1, 0.15) is 13.3 Å². The Morgan fingerprint density at radius 1 is 1.05 bits per heavy atom. The van der Waals surface area contributed by atoms with Gasteiger partial charge in [-0.1, -0.05) is 6.58 Å². The molecule has 0 rings (SSSR count). The number of hydrogen-bond acceptors (Lipinski definition) is 7. The Kier molecular flexibility index (Phi) is 9.54. The Bertz CT molecular complexity index is 389. The summed E-state index contributed by atoms with van der Waals surface area (Å²) in [5.74, 6) is -1.24. The van der Waals surface area contributed by atoms with Gasteiger partial charge in [0.25, 0.3) is 5.91 Å². The molecule has 4 unspecified atom stereocenters. The minimum Gasteiger partial charge on any atom is -0.394 e. The van der Waals surface area contributed by atoms with E-state index in [0.717, 1.165) is 0 Å². The number of rotatable bonds is 10. The predicted molar refractivity (Wildman–Crippen MR) is 76.6 cm³/mol. The van der Waals surface area contributed by atoms with Crippen LogP contribution < -0.4 is 10.6 Å². The molecular formula is C13H24N2O7. The third-order valence-electron chi connectivity index (χ3n) is 2.85. The second kappa shape index (κ2) is 10.2. The molecule has 0 saturated carbocycles. The van der Waals surface area contributed by atoms with E-state index in [-0.39, 0.29) is 19.0 Å². The van der Waals surface area contributed by atoms with E-state index in [2.05, 4.69) is 17.2 Å². The molecule has 0 aromatic carbocycles. The molecule has 4 atom stereocenters. The van der Waals surface area contributed by atoms with Gasteiger partial charge >= 0.3 is 0 Å². The van der Waals surface area contributed by atoms with E-state index >= 15 is 0 Å². The summed E-state index contributed by atoms with van der Waals surface area (Å²) >= 11 is 0. The van der Waals surface area contributed by atoms with Crippen LogP contribution in [0.2, 0.25) is 0 Å². The molecule has 22 heavy (non-hydrogen) atoms. The largest absolute Gasteiger partial charge is 0.394 e. The zero-order valence-corrected chi connectivity index (χ0v) is 12.4. The Morgan fingerprint density at radius 3 is 2.09 bits per heavy atom. The van der Waals surface area contributed by atoms with E-state index in [1.54, 1.807) is 6.92 Å². The molecule has 0 bridgehead atoms. The molecule has 0 aliphatic rings. The summed E-state index contributed by atoms with van der Waals surface area (Å²) in [6.07, 6.45) is -7.04. The van der Waals surface area contributed by atoms with Gasteiger partial charge in [-0.15, -0.1) is 0 Å². The summed E-state index contributed by atoms with van der Waals surface area (Å²) in [6.45, 7) is 4.60. The lowest BCUT2D eigenvalue weighted by molar-refractivity contribution is -0.148. The van der Waals surface area contributed by atoms with Gasteiger partial charge in [0, 0.05) is 18.7 Å². The van der Waals surface area contributed by atoms with Crippen LogP contribution in [0, 0.1) is 0 Å². The monoisotopic (exact) mass is 320 g/mol. The number of aliphatic hydroxyl groups excluding tert-OH is 5. The zero-order chi connectivity index (χ0) is 17.3. The normalized spacial score (nSPS) is 16.3. The van der Waals surface area contributed by atoms with Crippen molar-refractivity contribution in [2.24, 2.45) is 0 Å². The molecule has 0 heterocycles. The number of amides is 2. The Hall–Kier alpha value is -1.52. The van der Waals surface area contributed by atoms with Gasteiger partial charge in [-0.25, -0.2) is 0 Å². The lowest BCUT2D eigenvalue weighted by atomic mass is 10.0. The quantitative estimate of drug-likeness (QED) is 0.163. The summed E-state index contributed by atoms with van der Waals surface area (Å²) in [5.41, 5.74) is 0.360. The maximum absolute atomic E-state index is 11.5. The lowest BCUT2D eigenvalue weighted by Gasteiger charge is -2.24. The van der Waals surface area contributed by atoms with Crippen LogP contribution in [0.15, 0.2) is 12.2 Å². The fourth-order valence-corrected chi connectivity index (χ4v) is 1.43. The van der Waals surface area contributed by atoms with Crippen molar-refractivity contribution in [2.45, 2.75) is 37.8 Å². The van der Waals surface area contributed by atoms with Crippen LogP contribution in [0.3, 0.4) is 0 Å². The minimum absolute atomic E-state index is 0.123. The molecule has 0 saturated heterocycles. The Morgan fingerprint density at radius 2 is 1.59 bits per heavy atom. The van der Waals surface area contributed by atoms with Gasteiger partial charge in [0.05, 0.1) is 6.61 Å². The van der Waals surface area contributed by atoms with Gasteiger partial charge in [-0.3, -0.25) is 9.59 Å². The molecule has 0 spiro atoms. The van der Waals surface area contributed by atoms with Crippen molar-refractivity contribution < 1.29 is 35.1 Å². The van der Waals surface area contributed by atoms with E-state index in [1.807, 2.05) is 0 Å². The molecule has 0 radical (unpaired) electrons. The van der Waals surface area contributed by atoms with Crippen molar-refractivity contribution in [3.63, 3.8) is 0 Å². The van der Waals surface area contributed by atoms with Crippen molar-refractivity contribution in [1.82, 2.24) is 10.6 Å². The molecule has 9 nitrogen and oxygen atoms in total. The van der Waals surface area contributed by atoms with E-state index in [9.17, 15) is 24.9 Å². The van der Waals surface area contributed by atoms with Crippen molar-refractivity contribution in [1.29, 1.82) is 0 Å². The molecule has 0 aliphatic carbocycles. The average Bonchev–Trinajstić information content (AvgIpc) is 2.50. The third kappa shape index (κ3) is 6.96. The highest BCUT2D eigenvalue weighted by atomic mass is 16.4. The zero-order valence-electron chi connectivity index (χ0n) is 12.4. The summed E-state index contributed by atoms with van der Waals surface area (Å²) in [5, 5.41) is 51.0. The first kappa shape index (κ1) is 20.5. The summed E-state index contributed by atoms with van der Waals surface area (Å²) in [7, 11) is 0. The predicted octanol–water partition coefficient (Wildman–Crippen LogP) is -3.38. The van der Waals surface area contributed by atoms with Crippen LogP contribution in [0.4, 0.5) is 0 Å². The average molecular weight is 320 g/mol. The molecule has 9 heteroatoms. The number of hydrogen-bond donors (Lipinski definition) is 7. The van der Waals surface area contributed by atoms with Crippen LogP contribution in [0.5, 0.6) is 0 Å². The number of carbonyl (C=O) groups is 2. The van der Waals surface area contributed by atoms with Crippen molar-refractivity contribution in [3.8, 4) is 0 Å². The van der Waals surface area contributed by atoms with Gasteiger partial charge in [0.2, 0.25) is 5.91 Å². The lowest BCUT2D eigenvalue weighted by Crippen LogP contribution is -2.51. The number of aliphatic hydroxyl groups is 5. The van der Waals surface area contributed by atoms with Gasteiger partial charge in [0.15, 0.2) is 6.10 Å².